The summed E-state index contributed by atoms with van der Waals surface area (Å²) in [5.74, 6) is -10.7. The predicted molar refractivity (Wildman–Crippen MR) is 128 cm³/mol. The van der Waals surface area contributed by atoms with Gasteiger partial charge < -0.3 is 47.0 Å². The molecule has 0 amide bonds. The van der Waals surface area contributed by atoms with Crippen LogP contribution in [0.1, 0.15) is 13.3 Å². The van der Waals surface area contributed by atoms with Crippen molar-refractivity contribution < 1.29 is 83.7 Å². The number of hydrogen-bond donors (Lipinski definition) is 9. The van der Waals surface area contributed by atoms with Crippen LogP contribution in [0.4, 0.5) is 0 Å². The van der Waals surface area contributed by atoms with Crippen LogP contribution in [-0.4, -0.2) is 168 Å². The number of rotatable bonds is 20. The Kier molecular flexibility index (Phi) is 19.7. The van der Waals surface area contributed by atoms with Gasteiger partial charge >= 0.3 is 47.8 Å². The van der Waals surface area contributed by atoms with E-state index in [1.54, 1.807) is 0 Å². The van der Waals surface area contributed by atoms with Crippen molar-refractivity contribution in [1.82, 2.24) is 16.0 Å². The van der Waals surface area contributed by atoms with Crippen molar-refractivity contribution in [2.75, 3.05) is 58.9 Å². The molecule has 0 heterocycles. The van der Waals surface area contributed by atoms with Gasteiger partial charge in [0.25, 0.3) is 0 Å². The van der Waals surface area contributed by atoms with E-state index in [-0.39, 0.29) is 25.7 Å². The molecule has 0 aromatic rings. The van der Waals surface area contributed by atoms with E-state index in [0.717, 1.165) is 9.80 Å². The maximum Gasteiger partial charge on any atom is 0.362 e. The summed E-state index contributed by atoms with van der Waals surface area (Å²) in [6.07, 6.45) is -0.0802. The number of hydrogen-bond acceptors (Lipinski definition) is 11. The van der Waals surface area contributed by atoms with Gasteiger partial charge in [-0.1, -0.05) is 6.92 Å². The highest BCUT2D eigenvalue weighted by molar-refractivity contribution is 5.77. The summed E-state index contributed by atoms with van der Waals surface area (Å²) in [5, 5.41) is 69.9. The van der Waals surface area contributed by atoms with Crippen molar-refractivity contribution in [1.29, 1.82) is 0 Å². The van der Waals surface area contributed by atoms with Crippen LogP contribution in [0.5, 0.6) is 0 Å². The van der Waals surface area contributed by atoms with Crippen LogP contribution >= 0.6 is 0 Å². The highest BCUT2D eigenvalue weighted by Crippen LogP contribution is 2.18. The summed E-state index contributed by atoms with van der Waals surface area (Å²) in [6, 6.07) is -1.41. The maximum absolute atomic E-state index is 11.1. The Hall–Kier alpha value is -4.40. The molecule has 11 N–H and O–H groups in total. The molecule has 20 nitrogen and oxygen atoms in total. The van der Waals surface area contributed by atoms with E-state index < -0.39 is 104 Å². The minimum atomic E-state index is -1.46. The summed E-state index contributed by atoms with van der Waals surface area (Å²) < 4.78 is -1.06. The van der Waals surface area contributed by atoms with Crippen LogP contribution in [0.15, 0.2) is 0 Å². The molecule has 1 atom stereocenters. The summed E-state index contributed by atoms with van der Waals surface area (Å²) >= 11 is 0. The van der Waals surface area contributed by atoms with E-state index in [0.29, 0.717) is 0 Å². The van der Waals surface area contributed by atoms with Gasteiger partial charge in [-0.3, -0.25) is 33.5 Å². The van der Waals surface area contributed by atoms with Crippen molar-refractivity contribution in [2.45, 2.75) is 19.4 Å². The topological polar surface area (TPSA) is 340 Å². The fraction of sp³-hybridized carbons (Fsp3) is 0.600. The minimum absolute atomic E-state index is 0. The smallest absolute Gasteiger partial charge is 0.362 e. The van der Waals surface area contributed by atoms with Gasteiger partial charge in [0.05, 0.1) is 26.2 Å². The summed E-state index contributed by atoms with van der Waals surface area (Å²) in [5.41, 5.74) is 0. The van der Waals surface area contributed by atoms with E-state index in [2.05, 4.69) is 0 Å². The van der Waals surface area contributed by atoms with Gasteiger partial charge in [0.15, 0.2) is 25.7 Å². The summed E-state index contributed by atoms with van der Waals surface area (Å²) in [4.78, 5) is 88.0. The Morgan fingerprint density at radius 2 is 0.775 bits per heavy atom. The first kappa shape index (κ1) is 40.1. The van der Waals surface area contributed by atoms with E-state index >= 15 is 0 Å². The van der Waals surface area contributed by atoms with E-state index in [4.69, 9.17) is 40.9 Å². The number of carbonyl (C=O) groups is 8. The fourth-order valence-corrected chi connectivity index (χ4v) is 3.58. The second kappa shape index (κ2) is 19.6. The van der Waals surface area contributed by atoms with Crippen LogP contribution in [0.3, 0.4) is 0 Å². The highest BCUT2D eigenvalue weighted by Gasteiger charge is 2.46. The molecular formula is C20H35N4O16+. The molecule has 1 unspecified atom stereocenters. The van der Waals surface area contributed by atoms with Crippen molar-refractivity contribution in [3.05, 3.63) is 0 Å². The Labute approximate surface area is 226 Å². The molecule has 0 aliphatic carbocycles. The van der Waals surface area contributed by atoms with Crippen LogP contribution < -0.4 is 6.15 Å². The molecule has 0 radical (unpaired) electrons. The number of nitrogens with zero attached hydrogens (tertiary/aromatic N) is 3. The summed E-state index contributed by atoms with van der Waals surface area (Å²) in [6.45, 7) is -3.48. The zero-order valence-electron chi connectivity index (χ0n) is 21.5. The third kappa shape index (κ3) is 18.8. The van der Waals surface area contributed by atoms with Crippen molar-refractivity contribution >= 4 is 47.8 Å². The molecule has 20 heteroatoms. The predicted octanol–water partition coefficient (Wildman–Crippen LogP) is -2.99. The largest absolute Gasteiger partial charge is 0.480 e. The first-order valence-corrected chi connectivity index (χ1v) is 10.9. The lowest BCUT2D eigenvalue weighted by atomic mass is 10.1. The average Bonchev–Trinajstić information content (AvgIpc) is 2.69. The maximum atomic E-state index is 11.1. The van der Waals surface area contributed by atoms with Crippen LogP contribution in [-0.2, 0) is 38.4 Å². The molecule has 0 spiro atoms. The zero-order chi connectivity index (χ0) is 30.9. The molecule has 230 valence electrons. The molecule has 0 saturated carbocycles. The van der Waals surface area contributed by atoms with Crippen molar-refractivity contribution in [3.8, 4) is 0 Å². The molecular weight excluding hydrogens is 552 g/mol. The average molecular weight is 588 g/mol. The Morgan fingerprint density at radius 1 is 0.525 bits per heavy atom. The SMILES string of the molecule is CCC(C(=O)O)[N+](CC(=O)O)(CC(=O)O)CC(=O)O.N.O=C(O)CN(CCN(CC(=O)O)CC(=O)O)CC(=O)O. The van der Waals surface area contributed by atoms with Gasteiger partial charge in [0.2, 0.25) is 0 Å². The number of quaternary nitrogens is 1. The molecule has 0 rings (SSSR count). The van der Waals surface area contributed by atoms with Gasteiger partial charge in [0.1, 0.15) is 0 Å². The monoisotopic (exact) mass is 587 g/mol. The van der Waals surface area contributed by atoms with Gasteiger partial charge in [0, 0.05) is 19.5 Å². The molecule has 0 bridgehead atoms. The zero-order valence-corrected chi connectivity index (χ0v) is 21.5. The standard InChI is InChI=1S/C10H16N2O8.C10H15NO8.H3N/c13-7(14)3-11(4-8(15)16)1-2-12(5-9(17)18)6-10(19)20;1-2-6(10(18)19)11(3-7(12)13,4-8(14)15)5-9(16)17;/h1-6H2,(H,13,14)(H,15,16)(H,17,18)(H,19,20);6H,2-5H2,1H3,(H3-,12,13,14,15,16,17,18,19);1H3/p+1. The minimum Gasteiger partial charge on any atom is -0.480 e. The second-order valence-corrected chi connectivity index (χ2v) is 8.13. The highest BCUT2D eigenvalue weighted by atomic mass is 16.4. The third-order valence-electron chi connectivity index (χ3n) is 4.85. The van der Waals surface area contributed by atoms with Gasteiger partial charge in [-0.15, -0.1) is 0 Å². The normalized spacial score (nSPS) is 11.4. The molecule has 40 heavy (non-hydrogen) atoms. The third-order valence-corrected chi connectivity index (χ3v) is 4.85. The van der Waals surface area contributed by atoms with E-state index in [9.17, 15) is 38.4 Å². The molecule has 0 aliphatic heterocycles. The van der Waals surface area contributed by atoms with E-state index in [1.807, 2.05) is 0 Å². The molecule has 0 aromatic carbocycles. The Balaban J connectivity index is -0.000000669. The van der Waals surface area contributed by atoms with Crippen LogP contribution in [0, 0.1) is 0 Å². The lowest BCUT2D eigenvalue weighted by Gasteiger charge is -2.38. The molecule has 0 fully saturated rings. The van der Waals surface area contributed by atoms with Crippen LogP contribution in [0.2, 0.25) is 0 Å². The van der Waals surface area contributed by atoms with Crippen molar-refractivity contribution in [2.24, 2.45) is 0 Å². The van der Waals surface area contributed by atoms with Gasteiger partial charge in [-0.25, -0.2) is 19.2 Å². The Bertz CT molecular complexity index is 815. The molecule has 0 aliphatic rings. The van der Waals surface area contributed by atoms with Gasteiger partial charge in [-0.05, 0) is 0 Å². The first-order chi connectivity index (χ1) is 17.8. The number of aliphatic carboxylic acids is 8. The van der Waals surface area contributed by atoms with Crippen LogP contribution in [0.25, 0.3) is 0 Å². The Morgan fingerprint density at radius 3 is 0.925 bits per heavy atom. The number of carboxylic acid groups (broad SMARTS) is 8. The molecule has 0 saturated heterocycles. The van der Waals surface area contributed by atoms with E-state index in [1.165, 1.54) is 6.92 Å². The molecule has 0 aromatic heterocycles. The van der Waals surface area contributed by atoms with Gasteiger partial charge in [-0.2, -0.15) is 0 Å². The first-order valence-electron chi connectivity index (χ1n) is 10.9. The quantitative estimate of drug-likeness (QED) is 0.0641. The lowest BCUT2D eigenvalue weighted by molar-refractivity contribution is -0.923. The number of carboxylic acids is 8. The lowest BCUT2D eigenvalue weighted by Crippen LogP contribution is -2.64. The van der Waals surface area contributed by atoms with Crippen molar-refractivity contribution in [3.63, 3.8) is 0 Å². The fourth-order valence-electron chi connectivity index (χ4n) is 3.58. The second-order valence-electron chi connectivity index (χ2n) is 8.13. The summed E-state index contributed by atoms with van der Waals surface area (Å²) in [7, 11) is 0.